The van der Waals surface area contributed by atoms with Crippen molar-refractivity contribution in [3.8, 4) is 5.75 Å². The second-order valence-corrected chi connectivity index (χ2v) is 11.1. The molecule has 0 bridgehead atoms. The molecule has 0 fully saturated rings. The maximum absolute atomic E-state index is 13.4. The van der Waals surface area contributed by atoms with Gasteiger partial charge in [-0.2, -0.15) is 0 Å². The molecule has 0 saturated heterocycles. The van der Waals surface area contributed by atoms with Crippen LogP contribution in [0.5, 0.6) is 5.75 Å². The first-order chi connectivity index (χ1) is 18.9. The van der Waals surface area contributed by atoms with E-state index in [4.69, 9.17) is 15.5 Å². The van der Waals surface area contributed by atoms with Gasteiger partial charge in [0.05, 0.1) is 0 Å². The van der Waals surface area contributed by atoms with Crippen LogP contribution in [0.2, 0.25) is 0 Å². The summed E-state index contributed by atoms with van der Waals surface area (Å²) in [6.45, 7) is 6.18. The summed E-state index contributed by atoms with van der Waals surface area (Å²) >= 11 is 0. The first-order valence-corrected chi connectivity index (χ1v) is 15.4. The largest absolute Gasteiger partial charge is 0.524 e. The molecule has 0 radical (unpaired) electrons. The number of primary amides is 1. The number of benzene rings is 1. The zero-order valence-corrected chi connectivity index (χ0v) is 24.6. The molecule has 0 aliphatic carbocycles. The van der Waals surface area contributed by atoms with Crippen molar-refractivity contribution in [3.63, 3.8) is 0 Å². The molecule has 0 heterocycles. The Balaban J connectivity index is 2.95. The van der Waals surface area contributed by atoms with E-state index in [-0.39, 0.29) is 42.2 Å². The summed E-state index contributed by atoms with van der Waals surface area (Å²) < 4.78 is 15.6. The standard InChI is InChI=1S/C27H45N4O8P/c1-4-6-8-12-24(33)30-22(18-20-13-15-21(16-14-20)39-40(36,37)38)26(34)31-25(19(3)5-2)27(35)29-17-10-7-9-11-23(28)32/h13-16,19,22,25H,4-12,17-18H2,1-3H3,(H2,28,32)(H,29,35)(H,30,33)(H,31,34)(H2,36,37,38)/t19-,22-,25+/m0/s1. The van der Waals surface area contributed by atoms with Crippen LogP contribution in [0.1, 0.15) is 84.1 Å². The smallest absolute Gasteiger partial charge is 0.404 e. The van der Waals surface area contributed by atoms with Crippen molar-refractivity contribution in [2.45, 2.75) is 97.1 Å². The molecule has 3 atom stereocenters. The Labute approximate surface area is 236 Å². The lowest BCUT2D eigenvalue weighted by molar-refractivity contribution is -0.133. The van der Waals surface area contributed by atoms with Crippen LogP contribution >= 0.6 is 7.82 Å². The fourth-order valence-electron chi connectivity index (χ4n) is 3.95. The number of phosphoric ester groups is 1. The van der Waals surface area contributed by atoms with Gasteiger partial charge in [0.1, 0.15) is 17.8 Å². The van der Waals surface area contributed by atoms with Crippen molar-refractivity contribution in [2.24, 2.45) is 11.7 Å². The van der Waals surface area contributed by atoms with E-state index in [2.05, 4.69) is 20.5 Å². The molecular formula is C27H45N4O8P. The normalized spacial score (nSPS) is 13.5. The number of carbonyl (C=O) groups is 4. The highest BCUT2D eigenvalue weighted by atomic mass is 31.2. The summed E-state index contributed by atoms with van der Waals surface area (Å²) in [6.07, 6.45) is 5.82. The van der Waals surface area contributed by atoms with Crippen LogP contribution in [-0.4, -0.2) is 52.0 Å². The Bertz CT molecular complexity index is 999. The fraction of sp³-hybridized carbons (Fsp3) is 0.630. The van der Waals surface area contributed by atoms with Gasteiger partial charge in [-0.15, -0.1) is 0 Å². The van der Waals surface area contributed by atoms with Crippen LogP contribution in [0.3, 0.4) is 0 Å². The third kappa shape index (κ3) is 15.0. The summed E-state index contributed by atoms with van der Waals surface area (Å²) in [5, 5.41) is 8.44. The van der Waals surface area contributed by atoms with Gasteiger partial charge in [0.15, 0.2) is 0 Å². The van der Waals surface area contributed by atoms with Gasteiger partial charge in [0.2, 0.25) is 23.6 Å². The van der Waals surface area contributed by atoms with E-state index in [0.29, 0.717) is 44.2 Å². The highest BCUT2D eigenvalue weighted by Crippen LogP contribution is 2.37. The lowest BCUT2D eigenvalue weighted by Gasteiger charge is -2.26. The lowest BCUT2D eigenvalue weighted by Crippen LogP contribution is -2.56. The monoisotopic (exact) mass is 584 g/mol. The molecule has 1 aromatic carbocycles. The minimum atomic E-state index is -4.71. The van der Waals surface area contributed by atoms with Crippen molar-refractivity contribution < 1.29 is 38.1 Å². The fourth-order valence-corrected chi connectivity index (χ4v) is 4.35. The van der Waals surface area contributed by atoms with Gasteiger partial charge in [-0.05, 0) is 42.9 Å². The van der Waals surface area contributed by atoms with Crippen LogP contribution in [0.4, 0.5) is 0 Å². The Morgan fingerprint density at radius 1 is 0.925 bits per heavy atom. The van der Waals surface area contributed by atoms with E-state index < -0.39 is 25.8 Å². The molecule has 0 aliphatic rings. The van der Waals surface area contributed by atoms with Gasteiger partial charge in [0.25, 0.3) is 0 Å². The van der Waals surface area contributed by atoms with E-state index >= 15 is 0 Å². The number of rotatable bonds is 20. The van der Waals surface area contributed by atoms with Crippen molar-refractivity contribution in [1.29, 1.82) is 0 Å². The molecule has 0 aliphatic heterocycles. The number of hydrogen-bond donors (Lipinski definition) is 6. The topological polar surface area (TPSA) is 197 Å². The number of nitrogens with two attached hydrogens (primary N) is 1. The number of amides is 4. The number of hydrogen-bond acceptors (Lipinski definition) is 6. The number of carbonyl (C=O) groups excluding carboxylic acids is 4. The van der Waals surface area contributed by atoms with Gasteiger partial charge < -0.3 is 26.2 Å². The summed E-state index contributed by atoms with van der Waals surface area (Å²) in [6, 6.07) is 4.03. The molecule has 1 aromatic rings. The zero-order valence-electron chi connectivity index (χ0n) is 23.7. The van der Waals surface area contributed by atoms with Crippen molar-refractivity contribution in [2.75, 3.05) is 6.54 Å². The third-order valence-corrected chi connectivity index (χ3v) is 6.89. The van der Waals surface area contributed by atoms with E-state index in [1.165, 1.54) is 12.1 Å². The summed E-state index contributed by atoms with van der Waals surface area (Å²) in [5.41, 5.74) is 5.76. The zero-order chi connectivity index (χ0) is 30.1. The Morgan fingerprint density at radius 2 is 1.57 bits per heavy atom. The maximum atomic E-state index is 13.4. The molecule has 0 spiro atoms. The van der Waals surface area contributed by atoms with Gasteiger partial charge in [-0.1, -0.05) is 58.6 Å². The SMILES string of the molecule is CCCCCC(=O)N[C@@H](Cc1ccc(OP(=O)(O)O)cc1)C(=O)N[C@@H](C(=O)NCCCCCC(N)=O)[C@@H](C)CC. The summed E-state index contributed by atoms with van der Waals surface area (Å²) in [5.74, 6) is -1.70. The molecular weight excluding hydrogens is 539 g/mol. The Hall–Kier alpha value is -2.95. The molecule has 0 aromatic heterocycles. The van der Waals surface area contributed by atoms with Crippen LogP contribution in [0.25, 0.3) is 0 Å². The molecule has 4 amide bonds. The Kier molecular flexibility index (Phi) is 16.1. The van der Waals surface area contributed by atoms with E-state index in [1.54, 1.807) is 12.1 Å². The van der Waals surface area contributed by atoms with Crippen LogP contribution in [0, 0.1) is 5.92 Å². The van der Waals surface area contributed by atoms with E-state index in [1.807, 2.05) is 20.8 Å². The molecule has 0 unspecified atom stereocenters. The second-order valence-electron chi connectivity index (χ2n) is 9.95. The second kappa shape index (κ2) is 18.4. The minimum Gasteiger partial charge on any atom is -0.404 e. The first-order valence-electron chi connectivity index (χ1n) is 13.9. The van der Waals surface area contributed by atoms with Crippen LogP contribution in [-0.2, 0) is 30.2 Å². The number of nitrogens with one attached hydrogen (secondary N) is 3. The van der Waals surface area contributed by atoms with Crippen molar-refractivity contribution in [1.82, 2.24) is 16.0 Å². The first kappa shape index (κ1) is 35.1. The molecule has 7 N–H and O–H groups in total. The van der Waals surface area contributed by atoms with Crippen molar-refractivity contribution in [3.05, 3.63) is 29.8 Å². The maximum Gasteiger partial charge on any atom is 0.524 e. The van der Waals surface area contributed by atoms with Gasteiger partial charge >= 0.3 is 7.82 Å². The lowest BCUT2D eigenvalue weighted by atomic mass is 9.97. The van der Waals surface area contributed by atoms with Gasteiger partial charge in [-0.3, -0.25) is 29.0 Å². The predicted octanol–water partition coefficient (Wildman–Crippen LogP) is 2.46. The summed E-state index contributed by atoms with van der Waals surface area (Å²) in [7, 11) is -4.71. The van der Waals surface area contributed by atoms with Gasteiger partial charge in [0, 0.05) is 25.8 Å². The molecule has 1 rings (SSSR count). The highest BCUT2D eigenvalue weighted by molar-refractivity contribution is 7.46. The predicted molar refractivity (Wildman–Crippen MR) is 151 cm³/mol. The summed E-state index contributed by atoms with van der Waals surface area (Å²) in [4.78, 5) is 67.8. The third-order valence-electron chi connectivity index (χ3n) is 6.44. The van der Waals surface area contributed by atoms with E-state index in [9.17, 15) is 23.7 Å². The minimum absolute atomic E-state index is 0.0372. The number of unbranched alkanes of at least 4 members (excludes halogenated alkanes) is 4. The molecule has 12 nitrogen and oxygen atoms in total. The molecule has 13 heteroatoms. The van der Waals surface area contributed by atoms with Crippen molar-refractivity contribution >= 4 is 31.5 Å². The average molecular weight is 585 g/mol. The van der Waals surface area contributed by atoms with Crippen LogP contribution < -0.4 is 26.2 Å². The molecule has 226 valence electrons. The van der Waals surface area contributed by atoms with E-state index in [0.717, 1.165) is 19.3 Å². The average Bonchev–Trinajstić information content (AvgIpc) is 2.88. The highest BCUT2D eigenvalue weighted by Gasteiger charge is 2.30. The Morgan fingerprint density at radius 3 is 2.15 bits per heavy atom. The number of phosphoric acid groups is 1. The molecule has 40 heavy (non-hydrogen) atoms. The van der Waals surface area contributed by atoms with Crippen LogP contribution in [0.15, 0.2) is 24.3 Å². The quantitative estimate of drug-likeness (QED) is 0.0992. The van der Waals surface area contributed by atoms with Gasteiger partial charge in [-0.25, -0.2) is 4.57 Å². The molecule has 0 saturated carbocycles.